The fourth-order valence-corrected chi connectivity index (χ4v) is 9.88. The van der Waals surface area contributed by atoms with Crippen LogP contribution in [0.25, 0.3) is 0 Å². The van der Waals surface area contributed by atoms with E-state index in [9.17, 15) is 75.7 Å². The summed E-state index contributed by atoms with van der Waals surface area (Å²) in [7, 11) is 0. The van der Waals surface area contributed by atoms with Crippen LogP contribution in [-0.2, 0) is 42.8 Å². The van der Waals surface area contributed by atoms with Gasteiger partial charge in [-0.3, -0.25) is 9.59 Å². The van der Waals surface area contributed by atoms with Gasteiger partial charge in [0.25, 0.3) is 5.79 Å². The summed E-state index contributed by atoms with van der Waals surface area (Å²) in [6, 6.07) is -2.61. The van der Waals surface area contributed by atoms with Crippen molar-refractivity contribution >= 4 is 17.8 Å². The summed E-state index contributed by atoms with van der Waals surface area (Å²) in [5.41, 5.74) is 0. The summed E-state index contributed by atoms with van der Waals surface area (Å²) in [6.45, 7) is 2.03. The monoisotopic (exact) mass is 1100 g/mol. The molecule has 0 bridgehead atoms. The molecule has 3 aliphatic heterocycles. The van der Waals surface area contributed by atoms with Crippen LogP contribution in [-0.4, -0.2) is 215 Å². The molecule has 3 heterocycles. The first kappa shape index (κ1) is 67.7. The Morgan fingerprint density at radius 2 is 1.22 bits per heavy atom. The van der Waals surface area contributed by atoms with E-state index >= 15 is 0 Å². The van der Waals surface area contributed by atoms with Crippen molar-refractivity contribution < 1.29 is 104 Å². The van der Waals surface area contributed by atoms with Crippen LogP contribution >= 0.6 is 0 Å². The highest BCUT2D eigenvalue weighted by molar-refractivity contribution is 5.77. The van der Waals surface area contributed by atoms with Gasteiger partial charge >= 0.3 is 5.97 Å². The molecule has 23 heteroatoms. The molecular weight excluding hydrogens is 1000 g/mol. The lowest BCUT2D eigenvalue weighted by Gasteiger charge is -2.50. The number of rotatable bonds is 39. The zero-order valence-electron chi connectivity index (χ0n) is 45.1. The summed E-state index contributed by atoms with van der Waals surface area (Å²) in [5.74, 6) is -6.14. The Kier molecular flexibility index (Phi) is 32.7. The molecule has 3 fully saturated rings. The third kappa shape index (κ3) is 21.8. The van der Waals surface area contributed by atoms with Crippen molar-refractivity contribution in [3.05, 3.63) is 12.2 Å². The van der Waals surface area contributed by atoms with E-state index in [2.05, 4.69) is 24.5 Å². The summed E-state index contributed by atoms with van der Waals surface area (Å²) in [6.07, 6.45) is -2.50. The minimum Gasteiger partial charge on any atom is -0.477 e. The van der Waals surface area contributed by atoms with E-state index in [-0.39, 0.29) is 12.3 Å². The first-order valence-electron chi connectivity index (χ1n) is 28.1. The van der Waals surface area contributed by atoms with Gasteiger partial charge in [0.15, 0.2) is 12.6 Å². The number of ether oxygens (including phenoxy) is 6. The van der Waals surface area contributed by atoms with Gasteiger partial charge in [-0.05, 0) is 19.3 Å². The molecule has 2 amide bonds. The Labute approximate surface area is 448 Å². The lowest BCUT2D eigenvalue weighted by atomic mass is 9.88. The van der Waals surface area contributed by atoms with E-state index in [1.54, 1.807) is 6.08 Å². The Balaban J connectivity index is 1.70. The lowest BCUT2D eigenvalue weighted by molar-refractivity contribution is -0.386. The quantitative estimate of drug-likeness (QED) is 0.0299. The topological polar surface area (TPSA) is 373 Å². The second kappa shape index (κ2) is 36.7. The van der Waals surface area contributed by atoms with Crippen LogP contribution in [0.2, 0.25) is 0 Å². The average molecular weight is 1100 g/mol. The summed E-state index contributed by atoms with van der Waals surface area (Å²) in [4.78, 5) is 38.2. The van der Waals surface area contributed by atoms with Crippen LogP contribution in [0.1, 0.15) is 168 Å². The third-order valence-electron chi connectivity index (χ3n) is 14.5. The number of hydrogen-bond acceptors (Lipinski definition) is 20. The van der Waals surface area contributed by atoms with E-state index in [1.165, 1.54) is 64.2 Å². The molecule has 0 aromatic heterocycles. The number of nitrogens with one attached hydrogen (secondary N) is 2. The highest BCUT2D eigenvalue weighted by Crippen LogP contribution is 2.38. The maximum Gasteiger partial charge on any atom is 0.364 e. The molecule has 23 nitrogen and oxygen atoms in total. The molecule has 3 aliphatic rings. The number of carbonyl (C=O) groups excluding carboxylic acids is 2. The predicted molar refractivity (Wildman–Crippen MR) is 274 cm³/mol. The molecule has 18 atom stereocenters. The number of aliphatic hydroxyl groups is 11. The van der Waals surface area contributed by atoms with Gasteiger partial charge in [-0.15, -0.1) is 0 Å². The number of amides is 2. The molecule has 76 heavy (non-hydrogen) atoms. The minimum atomic E-state index is -3.08. The zero-order valence-corrected chi connectivity index (χ0v) is 45.1. The molecule has 18 unspecified atom stereocenters. The summed E-state index contributed by atoms with van der Waals surface area (Å²) >= 11 is 0. The molecule has 0 saturated carbocycles. The van der Waals surface area contributed by atoms with Crippen LogP contribution in [0.3, 0.4) is 0 Å². The third-order valence-corrected chi connectivity index (χ3v) is 14.5. The van der Waals surface area contributed by atoms with E-state index in [4.69, 9.17) is 28.4 Å². The van der Waals surface area contributed by atoms with Crippen LogP contribution in [0.15, 0.2) is 12.2 Å². The number of hydrogen-bond donors (Lipinski definition) is 14. The van der Waals surface area contributed by atoms with Crippen molar-refractivity contribution in [2.24, 2.45) is 0 Å². The molecule has 0 aliphatic carbocycles. The smallest absolute Gasteiger partial charge is 0.364 e. The number of unbranched alkanes of at least 4 members (excludes halogenated alkanes) is 19. The van der Waals surface area contributed by atoms with Gasteiger partial charge in [0.1, 0.15) is 67.1 Å². The van der Waals surface area contributed by atoms with Gasteiger partial charge in [0.05, 0.1) is 50.7 Å². The van der Waals surface area contributed by atoms with Crippen molar-refractivity contribution in [2.45, 2.75) is 278 Å². The Morgan fingerprint density at radius 3 is 1.75 bits per heavy atom. The Morgan fingerprint density at radius 1 is 0.684 bits per heavy atom. The number of carboxylic acid groups (broad SMARTS) is 1. The maximum absolute atomic E-state index is 13.3. The van der Waals surface area contributed by atoms with Crippen LogP contribution in [0.4, 0.5) is 0 Å². The van der Waals surface area contributed by atoms with Gasteiger partial charge < -0.3 is 100 Å². The first-order valence-corrected chi connectivity index (χ1v) is 28.1. The second-order valence-electron chi connectivity index (χ2n) is 20.8. The van der Waals surface area contributed by atoms with Gasteiger partial charge in [-0.25, -0.2) is 4.79 Å². The Bertz CT molecular complexity index is 1630. The predicted octanol–water partition coefficient (Wildman–Crippen LogP) is 0.825. The van der Waals surface area contributed by atoms with Gasteiger partial charge in [-0.2, -0.15) is 0 Å². The van der Waals surface area contributed by atoms with Crippen molar-refractivity contribution in [3.63, 3.8) is 0 Å². The van der Waals surface area contributed by atoms with Gasteiger partial charge in [0.2, 0.25) is 11.8 Å². The van der Waals surface area contributed by atoms with Gasteiger partial charge in [0, 0.05) is 19.8 Å². The van der Waals surface area contributed by atoms with E-state index in [0.717, 1.165) is 64.7 Å². The zero-order chi connectivity index (χ0) is 56.2. The molecule has 444 valence electrons. The molecule has 0 radical (unpaired) electrons. The highest BCUT2D eigenvalue weighted by atomic mass is 16.8. The molecule has 0 aromatic carbocycles. The van der Waals surface area contributed by atoms with Crippen LogP contribution in [0, 0.1) is 0 Å². The molecule has 14 N–H and O–H groups in total. The number of carbonyl (C=O) groups is 3. The van der Waals surface area contributed by atoms with Crippen molar-refractivity contribution in [1.29, 1.82) is 0 Å². The van der Waals surface area contributed by atoms with E-state index in [1.807, 2.05) is 6.08 Å². The van der Waals surface area contributed by atoms with Crippen LogP contribution in [0.5, 0.6) is 0 Å². The van der Waals surface area contributed by atoms with Crippen molar-refractivity contribution in [3.8, 4) is 0 Å². The number of aliphatic hydroxyl groups excluding tert-OH is 11. The maximum atomic E-state index is 13.3. The molecule has 3 saturated heterocycles. The normalized spacial score (nSPS) is 31.7. The van der Waals surface area contributed by atoms with Gasteiger partial charge in [-0.1, -0.05) is 142 Å². The molecule has 0 spiro atoms. The van der Waals surface area contributed by atoms with Crippen molar-refractivity contribution in [1.82, 2.24) is 10.6 Å². The molecule has 0 aromatic rings. The highest BCUT2D eigenvalue weighted by Gasteiger charge is 2.60. The Hall–Kier alpha value is -2.53. The van der Waals surface area contributed by atoms with Crippen molar-refractivity contribution in [2.75, 3.05) is 26.4 Å². The largest absolute Gasteiger partial charge is 0.477 e. The van der Waals surface area contributed by atoms with E-state index in [0.29, 0.717) is 12.8 Å². The molecular formula is C53H96N2O21. The molecule has 3 rings (SSSR count). The number of carboxylic acids is 1. The lowest BCUT2D eigenvalue weighted by Crippen LogP contribution is -2.70. The summed E-state index contributed by atoms with van der Waals surface area (Å²) in [5, 5.41) is 135. The number of aliphatic carboxylic acids is 1. The van der Waals surface area contributed by atoms with Crippen LogP contribution < -0.4 is 10.6 Å². The average Bonchev–Trinajstić information content (AvgIpc) is 3.41. The van der Waals surface area contributed by atoms with E-state index < -0.39 is 155 Å². The standard InChI is InChI=1S/C53H96N2O21/c1-4-6-8-10-12-14-15-16-17-19-21-23-25-27-40(63)55-34(35(60)26-24-22-20-18-13-11-9-7-5-2)32-71-50-45(67)44(66)47(39(31-58)73-50)74-51-46(68)49(43(65)38(30-57)72-51)76-53(52(69)70)28-36(61)41(54-33(3)59)48(75-53)42(64)37(62)29-56/h24,26,34-39,41-51,56-58,60-62,64-68H,4-23,25,27-32H2,1-3H3,(H,54,59)(H,55,63)(H,69,70)/b26-24+. The fraction of sp³-hybridized carbons (Fsp3) is 0.906. The SMILES string of the molecule is CCCCCCCCC/C=C/C(O)C(COC1OC(CO)C(OC2OC(CO)C(O)C(OC3(C(=O)O)CC(O)C(NC(C)=O)C(C(O)C(O)CO)O3)C2O)C(O)C1O)NC(=O)CCCCCCCCCCCCCCC. The second-order valence-corrected chi connectivity index (χ2v) is 20.8. The number of allylic oxidation sites excluding steroid dienone is 1. The summed E-state index contributed by atoms with van der Waals surface area (Å²) < 4.78 is 34.5. The minimum absolute atomic E-state index is 0.203. The fourth-order valence-electron chi connectivity index (χ4n) is 9.88. The first-order chi connectivity index (χ1) is 36.4.